The summed E-state index contributed by atoms with van der Waals surface area (Å²) in [7, 11) is 0. The van der Waals surface area contributed by atoms with Crippen molar-refractivity contribution in [3.8, 4) is 23.0 Å². The number of H-pyrrole nitrogens is 2. The van der Waals surface area contributed by atoms with Crippen molar-refractivity contribution in [2.75, 3.05) is 30.3 Å². The van der Waals surface area contributed by atoms with E-state index in [1.54, 1.807) is 35.5 Å². The number of amides is 4. The minimum Gasteiger partial charge on any atom is -0.355 e. The normalized spacial score (nSPS) is 13.4. The average molecular weight is 727 g/mol. The number of aromatic nitrogens is 8. The van der Waals surface area contributed by atoms with Gasteiger partial charge in [-0.3, -0.25) is 50.0 Å². The molecule has 1 saturated heterocycles. The molecule has 4 aromatic heterocycles. The summed E-state index contributed by atoms with van der Waals surface area (Å²) < 4.78 is 0. The molecule has 1 fully saturated rings. The lowest BCUT2D eigenvalue weighted by Crippen LogP contribution is -2.30. The van der Waals surface area contributed by atoms with Gasteiger partial charge in [-0.05, 0) is 41.8 Å². The predicted molar refractivity (Wildman–Crippen MR) is 199 cm³/mol. The van der Waals surface area contributed by atoms with E-state index in [0.29, 0.717) is 36.1 Å². The van der Waals surface area contributed by atoms with Gasteiger partial charge in [0.05, 0.1) is 12.3 Å². The minimum absolute atomic E-state index is 0.000225. The third kappa shape index (κ3) is 10.7. The van der Waals surface area contributed by atoms with Crippen LogP contribution in [0.3, 0.4) is 0 Å². The number of hydrogen-bond acceptors (Lipinski definition) is 10. The second-order valence-corrected chi connectivity index (χ2v) is 12.2. The number of nitrogens with zero attached hydrogens (tertiary/aromatic N) is 7. The first-order valence-electron chi connectivity index (χ1n) is 17.3. The molecule has 1 aliphatic heterocycles. The highest BCUT2D eigenvalue weighted by Crippen LogP contribution is 2.20. The SMILES string of the molecule is O=C(Cc1ccccc1)NCCC(=O)Nc1n[nH]c(-c2ccccn2)n1.O=C(Nc1n[nH]c(-c2ccccn2)n1)C1CC(=O)N(CCc2ccccc2)C1. The van der Waals surface area contributed by atoms with Crippen LogP contribution in [0, 0.1) is 5.92 Å². The van der Waals surface area contributed by atoms with Crippen LogP contribution in [-0.2, 0) is 32.0 Å². The predicted octanol–water partition coefficient (Wildman–Crippen LogP) is 3.45. The average Bonchev–Trinajstić information content (AvgIpc) is 3.96. The van der Waals surface area contributed by atoms with Crippen LogP contribution < -0.4 is 16.0 Å². The van der Waals surface area contributed by atoms with Crippen molar-refractivity contribution >= 4 is 35.5 Å². The van der Waals surface area contributed by atoms with Crippen LogP contribution in [-0.4, -0.2) is 88.5 Å². The summed E-state index contributed by atoms with van der Waals surface area (Å²) in [6.07, 6.45) is 4.71. The number of likely N-dealkylation sites (tertiary alicyclic amines) is 1. The highest BCUT2D eigenvalue weighted by molar-refractivity contribution is 5.96. The second kappa shape index (κ2) is 18.4. The Morgan fingerprint density at radius 3 is 1.87 bits per heavy atom. The summed E-state index contributed by atoms with van der Waals surface area (Å²) in [6, 6.07) is 30.3. The van der Waals surface area contributed by atoms with E-state index in [1.165, 1.54) is 5.56 Å². The van der Waals surface area contributed by atoms with E-state index in [1.807, 2.05) is 78.9 Å². The minimum atomic E-state index is -0.403. The molecule has 0 spiro atoms. The van der Waals surface area contributed by atoms with Gasteiger partial charge in [0.25, 0.3) is 0 Å². The largest absolute Gasteiger partial charge is 0.355 e. The lowest BCUT2D eigenvalue weighted by Gasteiger charge is -2.16. The van der Waals surface area contributed by atoms with Crippen LogP contribution in [0.5, 0.6) is 0 Å². The van der Waals surface area contributed by atoms with E-state index < -0.39 is 5.92 Å². The molecule has 5 heterocycles. The van der Waals surface area contributed by atoms with Gasteiger partial charge in [-0.15, -0.1) is 10.2 Å². The molecular formula is C38H38N12O4. The van der Waals surface area contributed by atoms with Gasteiger partial charge in [-0.2, -0.15) is 9.97 Å². The molecule has 0 aliphatic carbocycles. The Kier molecular flexibility index (Phi) is 12.5. The van der Waals surface area contributed by atoms with Crippen molar-refractivity contribution in [1.29, 1.82) is 0 Å². The van der Waals surface area contributed by atoms with Crippen LogP contribution in [0.15, 0.2) is 109 Å². The third-order valence-corrected chi connectivity index (χ3v) is 8.25. The number of anilines is 2. The monoisotopic (exact) mass is 726 g/mol. The van der Waals surface area contributed by atoms with Crippen LogP contribution in [0.2, 0.25) is 0 Å². The highest BCUT2D eigenvalue weighted by Gasteiger charge is 2.34. The molecule has 2 aromatic carbocycles. The fourth-order valence-electron chi connectivity index (χ4n) is 5.50. The first-order chi connectivity index (χ1) is 26.4. The number of carbonyl (C=O) groups excluding carboxylic acids is 4. The Morgan fingerprint density at radius 2 is 1.28 bits per heavy atom. The van der Waals surface area contributed by atoms with Gasteiger partial charge in [0, 0.05) is 44.9 Å². The summed E-state index contributed by atoms with van der Waals surface area (Å²) in [5.74, 6) is 0.241. The first-order valence-corrected chi connectivity index (χ1v) is 17.3. The van der Waals surface area contributed by atoms with E-state index in [2.05, 4.69) is 56.3 Å². The standard InChI is InChI=1S/C20H20N6O2.C18H18N6O2/c27-17-12-15(13-26(17)11-9-14-6-2-1-3-7-14)19(28)23-20-22-18(24-25-20)16-8-4-5-10-21-16;25-15(9-11-20-16(26)12-13-6-2-1-3-7-13)21-18-22-17(23-24-18)14-8-4-5-10-19-14/h1-8,10,15H,9,11-13H2,(H2,22,23,24,25,28);1-8,10H,9,11-12H2,(H,20,26)(H2,21,22,23,24,25). The molecule has 1 unspecified atom stereocenters. The molecule has 6 aromatic rings. The smallest absolute Gasteiger partial charge is 0.249 e. The van der Waals surface area contributed by atoms with Gasteiger partial charge in [0.1, 0.15) is 11.4 Å². The van der Waals surface area contributed by atoms with Gasteiger partial charge in [-0.25, -0.2) is 0 Å². The number of aromatic amines is 2. The molecule has 5 N–H and O–H groups in total. The molecule has 0 bridgehead atoms. The van der Waals surface area contributed by atoms with Crippen molar-refractivity contribution in [1.82, 2.24) is 50.5 Å². The van der Waals surface area contributed by atoms with E-state index >= 15 is 0 Å². The van der Waals surface area contributed by atoms with Crippen molar-refractivity contribution in [3.05, 3.63) is 121 Å². The molecule has 274 valence electrons. The maximum Gasteiger partial charge on any atom is 0.249 e. The van der Waals surface area contributed by atoms with Gasteiger partial charge in [0.15, 0.2) is 11.6 Å². The Balaban J connectivity index is 0.000000185. The van der Waals surface area contributed by atoms with Crippen molar-refractivity contribution < 1.29 is 19.2 Å². The van der Waals surface area contributed by atoms with Gasteiger partial charge >= 0.3 is 0 Å². The zero-order valence-corrected chi connectivity index (χ0v) is 29.2. The summed E-state index contributed by atoms with van der Waals surface area (Å²) in [4.78, 5) is 67.0. The molecule has 7 rings (SSSR count). The number of rotatable bonds is 13. The van der Waals surface area contributed by atoms with Gasteiger partial charge in [0.2, 0.25) is 35.5 Å². The molecule has 1 atom stereocenters. The fourth-order valence-corrected chi connectivity index (χ4v) is 5.50. The topological polar surface area (TPSA) is 217 Å². The lowest BCUT2D eigenvalue weighted by atomic mass is 10.1. The quantitative estimate of drug-likeness (QED) is 0.117. The summed E-state index contributed by atoms with van der Waals surface area (Å²) in [5.41, 5.74) is 3.37. The zero-order chi connectivity index (χ0) is 37.5. The van der Waals surface area contributed by atoms with E-state index in [-0.39, 0.29) is 61.3 Å². The van der Waals surface area contributed by atoms with Crippen molar-refractivity contribution in [2.24, 2.45) is 5.92 Å². The van der Waals surface area contributed by atoms with Gasteiger partial charge in [-0.1, -0.05) is 72.8 Å². The summed E-state index contributed by atoms with van der Waals surface area (Å²) in [5, 5.41) is 21.4. The Hall–Kier alpha value is -7.10. The Labute approximate surface area is 310 Å². The maximum atomic E-state index is 12.5. The van der Waals surface area contributed by atoms with E-state index in [9.17, 15) is 19.2 Å². The number of nitrogens with one attached hydrogen (secondary N) is 5. The Morgan fingerprint density at radius 1 is 0.704 bits per heavy atom. The van der Waals surface area contributed by atoms with Crippen LogP contribution >= 0.6 is 0 Å². The van der Waals surface area contributed by atoms with Crippen molar-refractivity contribution in [2.45, 2.75) is 25.7 Å². The fraction of sp³-hybridized carbons (Fsp3) is 0.211. The highest BCUT2D eigenvalue weighted by atomic mass is 16.2. The molecule has 4 amide bonds. The van der Waals surface area contributed by atoms with Gasteiger partial charge < -0.3 is 10.2 Å². The molecular weight excluding hydrogens is 688 g/mol. The van der Waals surface area contributed by atoms with Crippen molar-refractivity contribution in [3.63, 3.8) is 0 Å². The third-order valence-electron chi connectivity index (χ3n) is 8.25. The number of pyridine rings is 2. The van der Waals surface area contributed by atoms with Crippen LogP contribution in [0.4, 0.5) is 11.9 Å². The molecule has 0 radical (unpaired) electrons. The van der Waals surface area contributed by atoms with E-state index in [4.69, 9.17) is 0 Å². The summed E-state index contributed by atoms with van der Waals surface area (Å²) in [6.45, 7) is 1.27. The second-order valence-electron chi connectivity index (χ2n) is 12.2. The lowest BCUT2D eigenvalue weighted by molar-refractivity contribution is -0.128. The molecule has 1 aliphatic rings. The van der Waals surface area contributed by atoms with Crippen LogP contribution in [0.25, 0.3) is 23.0 Å². The maximum absolute atomic E-state index is 12.5. The number of hydrogen-bond donors (Lipinski definition) is 5. The number of benzene rings is 2. The molecule has 0 saturated carbocycles. The number of carbonyl (C=O) groups is 4. The molecule has 54 heavy (non-hydrogen) atoms. The first kappa shape index (κ1) is 36.7. The van der Waals surface area contributed by atoms with E-state index in [0.717, 1.165) is 12.0 Å². The summed E-state index contributed by atoms with van der Waals surface area (Å²) >= 11 is 0. The van der Waals surface area contributed by atoms with Crippen LogP contribution in [0.1, 0.15) is 24.0 Å². The zero-order valence-electron chi connectivity index (χ0n) is 29.2. The Bertz CT molecular complexity index is 2130. The molecule has 16 nitrogen and oxygen atoms in total. The molecule has 16 heteroatoms.